The molecular weight excluding hydrogens is 470 g/mol. The first-order chi connectivity index (χ1) is 16.2. The molecule has 1 aliphatic rings. The lowest BCUT2D eigenvalue weighted by molar-refractivity contribution is -0.129. The van der Waals surface area contributed by atoms with Gasteiger partial charge in [-0.25, -0.2) is 4.98 Å². The molecule has 1 atom stereocenters. The minimum absolute atomic E-state index is 0.188. The third kappa shape index (κ3) is 5.26. The highest BCUT2D eigenvalue weighted by Crippen LogP contribution is 2.32. The summed E-state index contributed by atoms with van der Waals surface area (Å²) in [5.41, 5.74) is 2.21. The first-order valence-corrected chi connectivity index (χ1v) is 13.8. The van der Waals surface area contributed by atoms with Gasteiger partial charge < -0.3 is 9.47 Å². The number of hydrogen-bond acceptors (Lipinski definition) is 7. The zero-order valence-electron chi connectivity index (χ0n) is 18.4. The van der Waals surface area contributed by atoms with E-state index in [1.807, 2.05) is 48.2 Å². The number of nitrogens with zero attached hydrogens (tertiary/aromatic N) is 5. The Morgan fingerprint density at radius 1 is 1.06 bits per heavy atom. The number of thiazole rings is 1. The molecule has 0 spiro atoms. The zero-order chi connectivity index (χ0) is 22.6. The van der Waals surface area contributed by atoms with Crippen molar-refractivity contribution < 1.29 is 4.79 Å². The molecular formula is C24H25N5OS3. The van der Waals surface area contributed by atoms with Gasteiger partial charge in [-0.2, -0.15) is 0 Å². The fourth-order valence-electron chi connectivity index (χ4n) is 3.88. The van der Waals surface area contributed by atoms with Crippen molar-refractivity contribution in [3.8, 4) is 0 Å². The summed E-state index contributed by atoms with van der Waals surface area (Å²) in [6.45, 7) is 4.38. The average molecular weight is 496 g/mol. The molecule has 2 aromatic heterocycles. The minimum atomic E-state index is -0.188. The number of hydrogen-bond donors (Lipinski definition) is 0. The molecule has 0 radical (unpaired) electrons. The Morgan fingerprint density at radius 3 is 2.61 bits per heavy atom. The molecule has 3 heterocycles. The van der Waals surface area contributed by atoms with Crippen LogP contribution in [0.4, 0.5) is 0 Å². The van der Waals surface area contributed by atoms with E-state index in [4.69, 9.17) is 4.98 Å². The molecule has 2 aromatic carbocycles. The van der Waals surface area contributed by atoms with Crippen molar-refractivity contribution in [2.24, 2.45) is 0 Å². The lowest BCUT2D eigenvalue weighted by Crippen LogP contribution is -2.34. The Morgan fingerprint density at radius 2 is 1.82 bits per heavy atom. The molecule has 33 heavy (non-hydrogen) atoms. The van der Waals surface area contributed by atoms with Crippen LogP contribution in [0.15, 0.2) is 64.1 Å². The van der Waals surface area contributed by atoms with Crippen LogP contribution in [0.1, 0.15) is 31.2 Å². The third-order valence-corrected chi connectivity index (χ3v) is 8.87. The maximum absolute atomic E-state index is 12.9. The molecule has 5 rings (SSSR count). The Labute approximate surface area is 205 Å². The molecule has 1 unspecified atom stereocenters. The van der Waals surface area contributed by atoms with Crippen LogP contribution in [0, 0.1) is 0 Å². The van der Waals surface area contributed by atoms with Crippen molar-refractivity contribution in [1.29, 1.82) is 0 Å². The molecule has 1 saturated heterocycles. The number of fused-ring (bicyclic) bond motifs is 1. The van der Waals surface area contributed by atoms with Gasteiger partial charge >= 0.3 is 0 Å². The number of rotatable bonds is 8. The van der Waals surface area contributed by atoms with E-state index in [9.17, 15) is 4.79 Å². The standard InChI is InChI=1S/C24H25N5OS3/c1-17(22(30)28-13-7-8-14-28)32-23-27-26-21(29(23)15-18-9-3-2-4-10-18)16-31-24-25-19-11-5-6-12-20(19)33-24/h2-6,9-12,17H,7-8,13-16H2,1H3. The first-order valence-electron chi connectivity index (χ1n) is 11.1. The third-order valence-electron chi connectivity index (χ3n) is 5.62. The van der Waals surface area contributed by atoms with Crippen LogP contribution in [-0.2, 0) is 17.1 Å². The predicted molar refractivity (Wildman–Crippen MR) is 136 cm³/mol. The van der Waals surface area contributed by atoms with Gasteiger partial charge in [0, 0.05) is 13.1 Å². The summed E-state index contributed by atoms with van der Waals surface area (Å²) in [6, 6.07) is 18.5. The van der Waals surface area contributed by atoms with E-state index >= 15 is 0 Å². The van der Waals surface area contributed by atoms with Gasteiger partial charge in [-0.1, -0.05) is 66.0 Å². The molecule has 4 aromatic rings. The number of para-hydroxylation sites is 1. The van der Waals surface area contributed by atoms with E-state index in [2.05, 4.69) is 33.0 Å². The summed E-state index contributed by atoms with van der Waals surface area (Å²) in [5, 5.41) is 9.61. The second kappa shape index (κ2) is 10.3. The van der Waals surface area contributed by atoms with Crippen LogP contribution >= 0.6 is 34.9 Å². The van der Waals surface area contributed by atoms with Crippen LogP contribution in [-0.4, -0.2) is 48.9 Å². The van der Waals surface area contributed by atoms with E-state index in [1.54, 1.807) is 23.1 Å². The highest BCUT2D eigenvalue weighted by atomic mass is 32.2. The van der Waals surface area contributed by atoms with Gasteiger partial charge in [0.05, 0.1) is 27.8 Å². The van der Waals surface area contributed by atoms with Crippen molar-refractivity contribution in [2.45, 2.75) is 46.8 Å². The lowest BCUT2D eigenvalue weighted by atomic mass is 10.2. The topological polar surface area (TPSA) is 63.9 Å². The number of thioether (sulfide) groups is 2. The average Bonchev–Trinajstić information content (AvgIpc) is 3.59. The summed E-state index contributed by atoms with van der Waals surface area (Å²) in [4.78, 5) is 19.6. The second-order valence-corrected chi connectivity index (χ2v) is 11.6. The zero-order valence-corrected chi connectivity index (χ0v) is 20.8. The molecule has 6 nitrogen and oxygen atoms in total. The highest BCUT2D eigenvalue weighted by molar-refractivity contribution is 8.00. The molecule has 1 fully saturated rings. The molecule has 1 amide bonds. The van der Waals surface area contributed by atoms with Crippen molar-refractivity contribution in [1.82, 2.24) is 24.6 Å². The van der Waals surface area contributed by atoms with Crippen molar-refractivity contribution in [2.75, 3.05) is 13.1 Å². The van der Waals surface area contributed by atoms with Gasteiger partial charge in [0.2, 0.25) is 5.91 Å². The number of carbonyl (C=O) groups is 1. The van der Waals surface area contributed by atoms with Gasteiger partial charge in [0.25, 0.3) is 0 Å². The number of aromatic nitrogens is 4. The number of benzene rings is 2. The molecule has 170 valence electrons. The summed E-state index contributed by atoms with van der Waals surface area (Å²) in [6.07, 6.45) is 2.20. The highest BCUT2D eigenvalue weighted by Gasteiger charge is 2.26. The van der Waals surface area contributed by atoms with Crippen molar-refractivity contribution in [3.63, 3.8) is 0 Å². The largest absolute Gasteiger partial charge is 0.342 e. The van der Waals surface area contributed by atoms with Gasteiger partial charge in [-0.05, 0) is 37.5 Å². The Hall–Kier alpha value is -2.36. The smallest absolute Gasteiger partial charge is 0.235 e. The lowest BCUT2D eigenvalue weighted by Gasteiger charge is -2.20. The van der Waals surface area contributed by atoms with E-state index in [0.29, 0.717) is 12.3 Å². The van der Waals surface area contributed by atoms with Crippen LogP contribution in [0.5, 0.6) is 0 Å². The van der Waals surface area contributed by atoms with E-state index < -0.39 is 0 Å². The van der Waals surface area contributed by atoms with Gasteiger partial charge in [0.15, 0.2) is 9.50 Å². The molecule has 0 aliphatic carbocycles. The number of carbonyl (C=O) groups excluding carboxylic acids is 1. The first kappa shape index (κ1) is 22.4. The normalized spacial score (nSPS) is 14.8. The van der Waals surface area contributed by atoms with Crippen LogP contribution < -0.4 is 0 Å². The number of amides is 1. The molecule has 1 aliphatic heterocycles. The molecule has 0 saturated carbocycles. The Bertz CT molecular complexity index is 1200. The summed E-state index contributed by atoms with van der Waals surface area (Å²) >= 11 is 4.89. The van der Waals surface area contributed by atoms with Crippen molar-refractivity contribution >= 4 is 51.0 Å². The molecule has 9 heteroatoms. The van der Waals surface area contributed by atoms with Gasteiger partial charge in [-0.3, -0.25) is 4.79 Å². The Kier molecular flexibility index (Phi) is 6.99. The fourth-order valence-corrected chi connectivity index (χ4v) is 6.84. The fraction of sp³-hybridized carbons (Fsp3) is 0.333. The van der Waals surface area contributed by atoms with E-state index in [-0.39, 0.29) is 11.2 Å². The van der Waals surface area contributed by atoms with E-state index in [1.165, 1.54) is 22.0 Å². The maximum atomic E-state index is 12.9. The summed E-state index contributed by atoms with van der Waals surface area (Å²) < 4.78 is 4.36. The van der Waals surface area contributed by atoms with Crippen LogP contribution in [0.25, 0.3) is 10.2 Å². The van der Waals surface area contributed by atoms with Crippen LogP contribution in [0.2, 0.25) is 0 Å². The summed E-state index contributed by atoms with van der Waals surface area (Å²) in [5.74, 6) is 1.76. The van der Waals surface area contributed by atoms with Gasteiger partial charge in [-0.15, -0.1) is 21.5 Å². The quantitative estimate of drug-likeness (QED) is 0.308. The van der Waals surface area contributed by atoms with Crippen molar-refractivity contribution in [3.05, 3.63) is 66.0 Å². The maximum Gasteiger partial charge on any atom is 0.235 e. The van der Waals surface area contributed by atoms with E-state index in [0.717, 1.165) is 46.8 Å². The monoisotopic (exact) mass is 495 g/mol. The van der Waals surface area contributed by atoms with Gasteiger partial charge in [0.1, 0.15) is 5.82 Å². The number of likely N-dealkylation sites (tertiary alicyclic amines) is 1. The predicted octanol–water partition coefficient (Wildman–Crippen LogP) is 5.33. The summed E-state index contributed by atoms with van der Waals surface area (Å²) in [7, 11) is 0. The second-order valence-electron chi connectivity index (χ2n) is 8.00. The molecule has 0 bridgehead atoms. The Balaban J connectivity index is 1.35. The van der Waals surface area contributed by atoms with Crippen LogP contribution in [0.3, 0.4) is 0 Å². The SMILES string of the molecule is CC(Sc1nnc(CSc2nc3ccccc3s2)n1Cc1ccccc1)C(=O)N1CCCC1. The molecule has 0 N–H and O–H groups in total. The minimum Gasteiger partial charge on any atom is -0.342 e.